The van der Waals surface area contributed by atoms with Gasteiger partial charge in [0.1, 0.15) is 5.75 Å². The molecule has 2 atom stereocenters. The van der Waals surface area contributed by atoms with Crippen molar-refractivity contribution < 1.29 is 23.0 Å². The van der Waals surface area contributed by atoms with E-state index >= 15 is 0 Å². The molecule has 168 valence electrons. The molecule has 7 nitrogen and oxygen atoms in total. The van der Waals surface area contributed by atoms with Crippen LogP contribution >= 0.6 is 0 Å². The number of anilines is 1. The predicted octanol–water partition coefficient (Wildman–Crippen LogP) is 2.47. The quantitative estimate of drug-likeness (QED) is 0.340. The van der Waals surface area contributed by atoms with E-state index < -0.39 is 6.61 Å². The van der Waals surface area contributed by atoms with Crippen molar-refractivity contribution in [1.29, 1.82) is 0 Å². The molecule has 9 heteroatoms. The average molecular weight is 427 g/mol. The minimum Gasteiger partial charge on any atom is -0.433 e. The van der Waals surface area contributed by atoms with Crippen LogP contribution in [-0.4, -0.2) is 71.7 Å². The van der Waals surface area contributed by atoms with Crippen LogP contribution in [0.15, 0.2) is 29.3 Å². The maximum absolute atomic E-state index is 12.7. The molecule has 30 heavy (non-hydrogen) atoms. The van der Waals surface area contributed by atoms with Gasteiger partial charge in [0.25, 0.3) is 0 Å². The fourth-order valence-electron chi connectivity index (χ4n) is 3.74. The maximum Gasteiger partial charge on any atom is 0.387 e. The molecular formula is C21H32F2N4O3. The number of guanidine groups is 1. The van der Waals surface area contributed by atoms with Crippen molar-refractivity contribution in [2.75, 3.05) is 58.0 Å². The number of alkyl halides is 2. The molecule has 2 aliphatic heterocycles. The molecule has 2 heterocycles. The molecule has 0 aliphatic carbocycles. The van der Waals surface area contributed by atoms with Crippen molar-refractivity contribution in [3.05, 3.63) is 24.3 Å². The lowest BCUT2D eigenvalue weighted by molar-refractivity contribution is -0.0495. The number of nitrogens with one attached hydrogen (secondary N) is 2. The monoisotopic (exact) mass is 426 g/mol. The van der Waals surface area contributed by atoms with E-state index in [1.54, 1.807) is 19.2 Å². The molecule has 2 unspecified atom stereocenters. The van der Waals surface area contributed by atoms with Gasteiger partial charge in [-0.05, 0) is 31.4 Å². The van der Waals surface area contributed by atoms with Crippen LogP contribution < -0.4 is 20.3 Å². The summed E-state index contributed by atoms with van der Waals surface area (Å²) in [5, 5.41) is 6.72. The Hall–Kier alpha value is -2.13. The van der Waals surface area contributed by atoms with Gasteiger partial charge in [0.2, 0.25) is 0 Å². The summed E-state index contributed by atoms with van der Waals surface area (Å²) < 4.78 is 41.1. The highest BCUT2D eigenvalue weighted by Crippen LogP contribution is 2.31. The summed E-state index contributed by atoms with van der Waals surface area (Å²) in [6, 6.07) is 7.09. The number of halogens is 2. The van der Waals surface area contributed by atoms with Crippen LogP contribution in [0.2, 0.25) is 0 Å². The third kappa shape index (κ3) is 6.98. The van der Waals surface area contributed by atoms with Gasteiger partial charge in [-0.15, -0.1) is 0 Å². The zero-order valence-electron chi connectivity index (χ0n) is 17.5. The maximum atomic E-state index is 12.7. The van der Waals surface area contributed by atoms with E-state index in [0.717, 1.165) is 58.1 Å². The van der Waals surface area contributed by atoms with E-state index in [4.69, 9.17) is 9.47 Å². The van der Waals surface area contributed by atoms with Gasteiger partial charge in [-0.2, -0.15) is 8.78 Å². The molecule has 0 aromatic heterocycles. The van der Waals surface area contributed by atoms with Crippen LogP contribution in [0.1, 0.15) is 19.3 Å². The molecule has 1 aromatic rings. The fraction of sp³-hybridized carbons (Fsp3) is 0.667. The summed E-state index contributed by atoms with van der Waals surface area (Å²) in [6.45, 7) is 2.52. The molecule has 2 N–H and O–H groups in total. The van der Waals surface area contributed by atoms with Gasteiger partial charge in [0, 0.05) is 51.9 Å². The Morgan fingerprint density at radius 1 is 1.33 bits per heavy atom. The molecule has 0 bridgehead atoms. The number of ether oxygens (including phenoxy) is 3. The lowest BCUT2D eigenvalue weighted by Gasteiger charge is -2.22. The highest BCUT2D eigenvalue weighted by atomic mass is 19.3. The van der Waals surface area contributed by atoms with E-state index in [1.165, 1.54) is 0 Å². The molecule has 0 amide bonds. The first-order valence-corrected chi connectivity index (χ1v) is 10.6. The van der Waals surface area contributed by atoms with Gasteiger partial charge in [-0.25, -0.2) is 0 Å². The van der Waals surface area contributed by atoms with Gasteiger partial charge in [0.15, 0.2) is 5.96 Å². The second kappa shape index (κ2) is 11.9. The second-order valence-corrected chi connectivity index (χ2v) is 7.58. The van der Waals surface area contributed by atoms with Gasteiger partial charge < -0.3 is 29.7 Å². The smallest absolute Gasteiger partial charge is 0.387 e. The predicted molar refractivity (Wildman–Crippen MR) is 113 cm³/mol. The molecular weight excluding hydrogens is 394 g/mol. The molecule has 0 saturated carbocycles. The number of hydrogen-bond acceptors (Lipinski definition) is 5. The van der Waals surface area contributed by atoms with E-state index in [1.807, 2.05) is 12.1 Å². The Labute approximate surface area is 176 Å². The number of rotatable bonds is 10. The van der Waals surface area contributed by atoms with Crippen LogP contribution in [-0.2, 0) is 9.47 Å². The van der Waals surface area contributed by atoms with Crippen molar-refractivity contribution >= 4 is 11.6 Å². The summed E-state index contributed by atoms with van der Waals surface area (Å²) in [7, 11) is 1.74. The molecule has 2 saturated heterocycles. The summed E-state index contributed by atoms with van der Waals surface area (Å²) >= 11 is 0. The van der Waals surface area contributed by atoms with E-state index in [2.05, 4.69) is 25.3 Å². The van der Waals surface area contributed by atoms with Crippen LogP contribution in [0.5, 0.6) is 5.75 Å². The van der Waals surface area contributed by atoms with Gasteiger partial charge in [0.05, 0.1) is 18.9 Å². The highest BCUT2D eigenvalue weighted by Gasteiger charge is 2.26. The molecule has 3 rings (SSSR count). The normalized spacial score (nSPS) is 22.0. The standard InChI is InChI=1S/C21H32F2N4O3/c1-24-21(25-9-4-11-28-14-16-8-12-29-15-16)26-17-7-10-27(13-17)18-5-2-3-6-19(18)30-20(22)23/h2-3,5-6,16-17,20H,4,7-15H2,1H3,(H2,24,25,26). The van der Waals surface area contributed by atoms with Crippen molar-refractivity contribution in [1.82, 2.24) is 10.6 Å². The fourth-order valence-corrected chi connectivity index (χ4v) is 3.74. The van der Waals surface area contributed by atoms with Crippen molar-refractivity contribution in [3.8, 4) is 5.75 Å². The van der Waals surface area contributed by atoms with Gasteiger partial charge in [-0.1, -0.05) is 12.1 Å². The first-order chi connectivity index (χ1) is 14.7. The summed E-state index contributed by atoms with van der Waals surface area (Å²) in [5.41, 5.74) is 0.690. The molecule has 2 aliphatic rings. The van der Waals surface area contributed by atoms with Gasteiger partial charge in [-0.3, -0.25) is 4.99 Å². The minimum absolute atomic E-state index is 0.175. The Morgan fingerprint density at radius 3 is 2.97 bits per heavy atom. The lowest BCUT2D eigenvalue weighted by atomic mass is 10.1. The van der Waals surface area contributed by atoms with Crippen LogP contribution in [0.3, 0.4) is 0 Å². The zero-order valence-corrected chi connectivity index (χ0v) is 17.5. The molecule has 2 fully saturated rings. The summed E-state index contributed by atoms with van der Waals surface area (Å²) in [4.78, 5) is 6.34. The Balaban J connectivity index is 1.36. The van der Waals surface area contributed by atoms with Crippen molar-refractivity contribution in [2.24, 2.45) is 10.9 Å². The second-order valence-electron chi connectivity index (χ2n) is 7.58. The van der Waals surface area contributed by atoms with Gasteiger partial charge >= 0.3 is 6.61 Å². The SMILES string of the molecule is CN=C(NCCCOCC1CCOC1)NC1CCN(c2ccccc2OC(F)F)C1. The zero-order chi connectivity index (χ0) is 21.2. The number of nitrogens with zero attached hydrogens (tertiary/aromatic N) is 2. The van der Waals surface area contributed by atoms with E-state index in [0.29, 0.717) is 24.8 Å². The average Bonchev–Trinajstić information content (AvgIpc) is 3.42. The third-order valence-corrected chi connectivity index (χ3v) is 5.31. The lowest BCUT2D eigenvalue weighted by Crippen LogP contribution is -2.45. The number of benzene rings is 1. The Morgan fingerprint density at radius 2 is 2.20 bits per heavy atom. The summed E-state index contributed by atoms with van der Waals surface area (Å²) in [5.74, 6) is 1.48. The third-order valence-electron chi connectivity index (χ3n) is 5.31. The summed E-state index contributed by atoms with van der Waals surface area (Å²) in [6.07, 6.45) is 2.87. The van der Waals surface area contributed by atoms with Crippen molar-refractivity contribution in [3.63, 3.8) is 0 Å². The van der Waals surface area contributed by atoms with Crippen molar-refractivity contribution in [2.45, 2.75) is 31.9 Å². The van der Waals surface area contributed by atoms with Crippen LogP contribution in [0, 0.1) is 5.92 Å². The first-order valence-electron chi connectivity index (χ1n) is 10.6. The molecule has 0 radical (unpaired) electrons. The van der Waals surface area contributed by atoms with E-state index in [-0.39, 0.29) is 11.8 Å². The largest absolute Gasteiger partial charge is 0.433 e. The Bertz CT molecular complexity index is 671. The Kier molecular flexibility index (Phi) is 8.95. The van der Waals surface area contributed by atoms with E-state index in [9.17, 15) is 8.78 Å². The molecule has 0 spiro atoms. The first kappa shape index (κ1) is 22.6. The highest BCUT2D eigenvalue weighted by molar-refractivity contribution is 5.80. The number of hydrogen-bond donors (Lipinski definition) is 2. The van der Waals surface area contributed by atoms with Crippen LogP contribution in [0.25, 0.3) is 0 Å². The number of aliphatic imine (C=N–C) groups is 1. The molecule has 1 aromatic carbocycles. The van der Waals surface area contributed by atoms with Crippen LogP contribution in [0.4, 0.5) is 14.5 Å². The minimum atomic E-state index is -2.83. The topological polar surface area (TPSA) is 67.4 Å². The number of para-hydroxylation sites is 2.